The lowest BCUT2D eigenvalue weighted by Gasteiger charge is -2.06. The molecule has 5 nitrogen and oxygen atoms in total. The van der Waals surface area contributed by atoms with Gasteiger partial charge in [-0.1, -0.05) is 6.07 Å². The molecule has 0 aliphatic carbocycles. The Bertz CT molecular complexity index is 578. The van der Waals surface area contributed by atoms with Crippen molar-refractivity contribution in [2.75, 3.05) is 27.3 Å². The van der Waals surface area contributed by atoms with Crippen molar-refractivity contribution in [2.24, 2.45) is 0 Å². The van der Waals surface area contributed by atoms with Crippen LogP contribution >= 0.6 is 0 Å². The average molecular weight is 275 g/mol. The highest BCUT2D eigenvalue weighted by atomic mass is 16.5. The monoisotopic (exact) mass is 275 g/mol. The van der Waals surface area contributed by atoms with Gasteiger partial charge in [-0.25, -0.2) is 0 Å². The first-order valence-electron chi connectivity index (χ1n) is 6.72. The molecule has 0 spiro atoms. The molecule has 2 N–H and O–H groups in total. The van der Waals surface area contributed by atoms with Gasteiger partial charge in [0.2, 0.25) is 5.91 Å². The van der Waals surface area contributed by atoms with E-state index in [1.807, 2.05) is 16.8 Å². The van der Waals surface area contributed by atoms with Crippen LogP contribution in [0.4, 0.5) is 0 Å². The average Bonchev–Trinajstić information content (AvgIpc) is 2.86. The number of nitrogens with one attached hydrogen (secondary N) is 2. The van der Waals surface area contributed by atoms with Gasteiger partial charge in [-0.2, -0.15) is 0 Å². The van der Waals surface area contributed by atoms with Crippen LogP contribution in [0.1, 0.15) is 5.56 Å². The standard InChI is InChI=1S/C15H21N3O2/c1-16-15(19)11-18-7-5-13-9-12(3-4-14(13)18)10-17-6-8-20-2/h3-5,7,9,17H,6,8,10-11H2,1-2H3,(H,16,19). The third kappa shape index (κ3) is 3.59. The number of carbonyl (C=O) groups excluding carboxylic acids is 1. The number of hydrogen-bond acceptors (Lipinski definition) is 3. The summed E-state index contributed by atoms with van der Waals surface area (Å²) in [7, 11) is 3.35. The number of fused-ring (bicyclic) bond motifs is 1. The number of likely N-dealkylation sites (N-methyl/N-ethyl adjacent to an activating group) is 1. The molecule has 1 heterocycles. The summed E-state index contributed by atoms with van der Waals surface area (Å²) in [6.07, 6.45) is 1.95. The van der Waals surface area contributed by atoms with E-state index in [1.165, 1.54) is 5.56 Å². The van der Waals surface area contributed by atoms with E-state index in [0.29, 0.717) is 13.2 Å². The topological polar surface area (TPSA) is 55.3 Å². The molecule has 108 valence electrons. The Balaban J connectivity index is 2.05. The van der Waals surface area contributed by atoms with E-state index >= 15 is 0 Å². The lowest BCUT2D eigenvalue weighted by atomic mass is 10.1. The van der Waals surface area contributed by atoms with E-state index in [1.54, 1.807) is 14.2 Å². The van der Waals surface area contributed by atoms with Gasteiger partial charge in [-0.3, -0.25) is 4.79 Å². The van der Waals surface area contributed by atoms with Gasteiger partial charge in [-0.15, -0.1) is 0 Å². The van der Waals surface area contributed by atoms with E-state index in [0.717, 1.165) is 24.0 Å². The largest absolute Gasteiger partial charge is 0.383 e. The fourth-order valence-electron chi connectivity index (χ4n) is 2.14. The highest BCUT2D eigenvalue weighted by molar-refractivity contribution is 5.83. The summed E-state index contributed by atoms with van der Waals surface area (Å²) in [6, 6.07) is 8.33. The fourth-order valence-corrected chi connectivity index (χ4v) is 2.14. The molecule has 0 bridgehead atoms. The SMILES string of the molecule is CNC(=O)Cn1ccc2cc(CNCCOC)ccc21. The molecule has 1 aromatic carbocycles. The molecule has 0 aliphatic rings. The first-order valence-corrected chi connectivity index (χ1v) is 6.72. The minimum atomic E-state index is 0.00723. The smallest absolute Gasteiger partial charge is 0.239 e. The summed E-state index contributed by atoms with van der Waals surface area (Å²) in [5.74, 6) is 0.00723. The van der Waals surface area contributed by atoms with Crippen molar-refractivity contribution in [3.63, 3.8) is 0 Å². The Morgan fingerprint density at radius 1 is 1.35 bits per heavy atom. The third-order valence-electron chi connectivity index (χ3n) is 3.24. The molecule has 2 aromatic rings. The maximum atomic E-state index is 11.4. The second-order valence-electron chi connectivity index (χ2n) is 4.68. The van der Waals surface area contributed by atoms with Crippen molar-refractivity contribution in [2.45, 2.75) is 13.1 Å². The van der Waals surface area contributed by atoms with Gasteiger partial charge in [-0.05, 0) is 29.1 Å². The number of carbonyl (C=O) groups is 1. The van der Waals surface area contributed by atoms with Crippen LogP contribution in [0.2, 0.25) is 0 Å². The van der Waals surface area contributed by atoms with Crippen molar-refractivity contribution in [1.82, 2.24) is 15.2 Å². The van der Waals surface area contributed by atoms with E-state index in [2.05, 4.69) is 28.8 Å². The Hall–Kier alpha value is -1.85. The Labute approximate surface area is 118 Å². The number of amides is 1. The third-order valence-corrected chi connectivity index (χ3v) is 3.24. The normalized spacial score (nSPS) is 10.9. The molecule has 0 radical (unpaired) electrons. The van der Waals surface area contributed by atoms with Crippen molar-refractivity contribution in [3.05, 3.63) is 36.0 Å². The molecular formula is C15H21N3O2. The van der Waals surface area contributed by atoms with Gasteiger partial charge < -0.3 is 19.9 Å². The summed E-state index contributed by atoms with van der Waals surface area (Å²) < 4.78 is 6.95. The molecular weight excluding hydrogens is 254 g/mol. The number of ether oxygens (including phenoxy) is 1. The fraction of sp³-hybridized carbons (Fsp3) is 0.400. The van der Waals surface area contributed by atoms with E-state index in [9.17, 15) is 4.79 Å². The molecule has 0 unspecified atom stereocenters. The highest BCUT2D eigenvalue weighted by Crippen LogP contribution is 2.17. The van der Waals surface area contributed by atoms with Crippen LogP contribution in [0.5, 0.6) is 0 Å². The number of benzene rings is 1. The van der Waals surface area contributed by atoms with Crippen LogP contribution in [0, 0.1) is 0 Å². The molecule has 20 heavy (non-hydrogen) atoms. The van der Waals surface area contributed by atoms with Crippen LogP contribution in [0.3, 0.4) is 0 Å². The zero-order chi connectivity index (χ0) is 14.4. The van der Waals surface area contributed by atoms with Crippen LogP contribution in [0.25, 0.3) is 10.9 Å². The number of methoxy groups -OCH3 is 1. The Kier molecular flexibility index (Phi) is 5.15. The number of rotatable bonds is 7. The van der Waals surface area contributed by atoms with Gasteiger partial charge in [0.25, 0.3) is 0 Å². The molecule has 2 rings (SSSR count). The minimum Gasteiger partial charge on any atom is -0.383 e. The molecule has 0 aliphatic heterocycles. The van der Waals surface area contributed by atoms with Crippen LogP contribution in [-0.4, -0.2) is 37.8 Å². The maximum Gasteiger partial charge on any atom is 0.239 e. The summed E-state index contributed by atoms with van der Waals surface area (Å²) in [4.78, 5) is 11.4. The summed E-state index contributed by atoms with van der Waals surface area (Å²) in [5, 5.41) is 7.11. The summed E-state index contributed by atoms with van der Waals surface area (Å²) in [5.41, 5.74) is 2.31. The zero-order valence-corrected chi connectivity index (χ0v) is 12.0. The Morgan fingerprint density at radius 3 is 2.95 bits per heavy atom. The predicted molar refractivity (Wildman–Crippen MR) is 79.6 cm³/mol. The molecule has 0 saturated heterocycles. The second-order valence-corrected chi connectivity index (χ2v) is 4.68. The van der Waals surface area contributed by atoms with E-state index in [-0.39, 0.29) is 5.91 Å². The first-order chi connectivity index (χ1) is 9.74. The van der Waals surface area contributed by atoms with E-state index in [4.69, 9.17) is 4.74 Å². The lowest BCUT2D eigenvalue weighted by Crippen LogP contribution is -2.23. The lowest BCUT2D eigenvalue weighted by molar-refractivity contribution is -0.121. The molecule has 0 atom stereocenters. The quantitative estimate of drug-likeness (QED) is 0.745. The van der Waals surface area contributed by atoms with Crippen molar-refractivity contribution in [3.8, 4) is 0 Å². The van der Waals surface area contributed by atoms with Crippen molar-refractivity contribution >= 4 is 16.8 Å². The van der Waals surface area contributed by atoms with Gasteiger partial charge in [0.15, 0.2) is 0 Å². The molecule has 1 aromatic heterocycles. The van der Waals surface area contributed by atoms with Crippen molar-refractivity contribution < 1.29 is 9.53 Å². The van der Waals surface area contributed by atoms with Gasteiger partial charge >= 0.3 is 0 Å². The van der Waals surface area contributed by atoms with Crippen LogP contribution in [-0.2, 0) is 22.6 Å². The summed E-state index contributed by atoms with van der Waals surface area (Å²) >= 11 is 0. The summed E-state index contributed by atoms with van der Waals surface area (Å²) in [6.45, 7) is 2.72. The zero-order valence-electron chi connectivity index (χ0n) is 12.0. The number of hydrogen-bond donors (Lipinski definition) is 2. The molecule has 0 saturated carbocycles. The number of nitrogens with zero attached hydrogens (tertiary/aromatic N) is 1. The van der Waals surface area contributed by atoms with Gasteiger partial charge in [0.05, 0.1) is 6.61 Å². The molecule has 1 amide bonds. The molecule has 5 heteroatoms. The molecule has 0 fully saturated rings. The minimum absolute atomic E-state index is 0.00723. The van der Waals surface area contributed by atoms with Gasteiger partial charge in [0, 0.05) is 39.0 Å². The Morgan fingerprint density at radius 2 is 2.20 bits per heavy atom. The number of aromatic nitrogens is 1. The predicted octanol–water partition coefficient (Wildman–Crippen LogP) is 1.12. The van der Waals surface area contributed by atoms with Crippen LogP contribution < -0.4 is 10.6 Å². The van der Waals surface area contributed by atoms with Crippen molar-refractivity contribution in [1.29, 1.82) is 0 Å². The maximum absolute atomic E-state index is 11.4. The van der Waals surface area contributed by atoms with E-state index < -0.39 is 0 Å². The van der Waals surface area contributed by atoms with Crippen LogP contribution in [0.15, 0.2) is 30.5 Å². The highest BCUT2D eigenvalue weighted by Gasteiger charge is 2.05. The second kappa shape index (κ2) is 7.07. The van der Waals surface area contributed by atoms with Gasteiger partial charge in [0.1, 0.15) is 6.54 Å². The first kappa shape index (κ1) is 14.6.